The zero-order valence-electron chi connectivity index (χ0n) is 21.7. The number of benzene rings is 2. The molecule has 0 N–H and O–H groups in total. The van der Waals surface area contributed by atoms with Crippen molar-refractivity contribution in [2.24, 2.45) is 0 Å². The summed E-state index contributed by atoms with van der Waals surface area (Å²) in [4.78, 5) is 31.6. The molecule has 1 aliphatic rings. The third-order valence-electron chi connectivity index (χ3n) is 6.61. The Labute approximate surface area is 212 Å². The SMILES string of the molecule is CCC(=O)N1CCCN(C(C)C)CCCN(C(=O)COc2ccccc2C)Cc2cc(F)c(F)cc21. The Bertz CT molecular complexity index is 1060. The molecule has 0 fully saturated rings. The lowest BCUT2D eigenvalue weighted by atomic mass is 10.1. The molecule has 0 saturated carbocycles. The Balaban J connectivity index is 1.94. The number of halogens is 2. The molecule has 0 saturated heterocycles. The predicted octanol–water partition coefficient (Wildman–Crippen LogP) is 4.93. The van der Waals surface area contributed by atoms with Gasteiger partial charge in [0.15, 0.2) is 18.2 Å². The number of aryl methyl sites for hydroxylation is 1. The van der Waals surface area contributed by atoms with E-state index in [1.165, 1.54) is 4.90 Å². The summed E-state index contributed by atoms with van der Waals surface area (Å²) in [6.45, 7) is 10.1. The average Bonchev–Trinajstić information content (AvgIpc) is 2.84. The van der Waals surface area contributed by atoms with Gasteiger partial charge in [-0.2, -0.15) is 0 Å². The fraction of sp³-hybridized carbons (Fsp3) is 0.500. The van der Waals surface area contributed by atoms with Crippen molar-refractivity contribution in [2.75, 3.05) is 37.7 Å². The second-order valence-electron chi connectivity index (χ2n) is 9.50. The van der Waals surface area contributed by atoms with Gasteiger partial charge in [0.25, 0.3) is 5.91 Å². The van der Waals surface area contributed by atoms with Gasteiger partial charge < -0.3 is 19.4 Å². The molecular weight excluding hydrogens is 464 g/mol. The first-order chi connectivity index (χ1) is 17.2. The molecule has 0 atom stereocenters. The molecule has 3 rings (SSSR count). The molecule has 1 aliphatic heterocycles. The van der Waals surface area contributed by atoms with Gasteiger partial charge in [0.2, 0.25) is 5.91 Å². The van der Waals surface area contributed by atoms with Crippen LogP contribution in [0, 0.1) is 18.6 Å². The zero-order chi connectivity index (χ0) is 26.2. The van der Waals surface area contributed by atoms with Crippen LogP contribution < -0.4 is 9.64 Å². The van der Waals surface area contributed by atoms with Gasteiger partial charge in [-0.1, -0.05) is 25.1 Å². The number of hydrogen-bond acceptors (Lipinski definition) is 4. The van der Waals surface area contributed by atoms with Gasteiger partial charge in [0.05, 0.1) is 5.69 Å². The normalized spacial score (nSPS) is 15.8. The van der Waals surface area contributed by atoms with E-state index in [0.29, 0.717) is 42.6 Å². The van der Waals surface area contributed by atoms with E-state index < -0.39 is 11.6 Å². The smallest absolute Gasteiger partial charge is 0.260 e. The monoisotopic (exact) mass is 501 g/mol. The van der Waals surface area contributed by atoms with Crippen molar-refractivity contribution in [1.29, 1.82) is 0 Å². The Morgan fingerprint density at radius 2 is 1.64 bits per heavy atom. The highest BCUT2D eigenvalue weighted by atomic mass is 19.2. The van der Waals surface area contributed by atoms with Crippen LogP contribution in [0.2, 0.25) is 0 Å². The molecule has 0 aromatic heterocycles. The Kier molecular flexibility index (Phi) is 9.81. The number of para-hydroxylation sites is 1. The lowest BCUT2D eigenvalue weighted by Gasteiger charge is -2.33. The van der Waals surface area contributed by atoms with Gasteiger partial charge in [-0.3, -0.25) is 9.59 Å². The molecule has 0 radical (unpaired) electrons. The molecule has 2 aromatic rings. The van der Waals surface area contributed by atoms with Gasteiger partial charge in [0, 0.05) is 51.3 Å². The van der Waals surface area contributed by atoms with Crippen LogP contribution in [-0.2, 0) is 16.1 Å². The first-order valence-electron chi connectivity index (χ1n) is 12.7. The summed E-state index contributed by atoms with van der Waals surface area (Å²) in [6, 6.07) is 9.94. The molecule has 8 heteroatoms. The first-order valence-corrected chi connectivity index (χ1v) is 12.7. The van der Waals surface area contributed by atoms with Gasteiger partial charge in [-0.25, -0.2) is 8.78 Å². The topological polar surface area (TPSA) is 53.1 Å². The molecule has 0 bridgehead atoms. The maximum Gasteiger partial charge on any atom is 0.260 e. The molecule has 36 heavy (non-hydrogen) atoms. The number of nitrogens with zero attached hydrogens (tertiary/aromatic N) is 3. The minimum absolute atomic E-state index is 0.0532. The molecule has 0 aliphatic carbocycles. The molecule has 1 heterocycles. The number of fused-ring (bicyclic) bond motifs is 1. The molecule has 196 valence electrons. The molecule has 0 spiro atoms. The van der Waals surface area contributed by atoms with E-state index in [2.05, 4.69) is 18.7 Å². The number of anilines is 1. The minimum Gasteiger partial charge on any atom is -0.484 e. The summed E-state index contributed by atoms with van der Waals surface area (Å²) in [7, 11) is 0. The Morgan fingerprint density at radius 1 is 0.972 bits per heavy atom. The van der Waals surface area contributed by atoms with Crippen LogP contribution >= 0.6 is 0 Å². The number of hydrogen-bond donors (Lipinski definition) is 0. The predicted molar refractivity (Wildman–Crippen MR) is 137 cm³/mol. The number of carbonyl (C=O) groups excluding carboxylic acids is 2. The van der Waals surface area contributed by atoms with Crippen molar-refractivity contribution in [3.8, 4) is 5.75 Å². The first kappa shape index (κ1) is 27.6. The van der Waals surface area contributed by atoms with E-state index in [1.807, 2.05) is 25.1 Å². The number of rotatable bonds is 5. The van der Waals surface area contributed by atoms with Gasteiger partial charge in [-0.05, 0) is 56.9 Å². The molecule has 0 unspecified atom stereocenters. The van der Waals surface area contributed by atoms with Crippen LogP contribution in [0.5, 0.6) is 5.75 Å². The van der Waals surface area contributed by atoms with Gasteiger partial charge in [0.1, 0.15) is 5.75 Å². The lowest BCUT2D eigenvalue weighted by molar-refractivity contribution is -0.134. The molecular formula is C28H37F2N3O3. The Hall–Kier alpha value is -3.00. The standard InChI is InChI=1S/C28H37F2N3O3/c1-5-27(34)33-15-9-13-31(20(2)3)12-8-14-32(18-22-16-23(29)24(30)17-25(22)33)28(35)19-36-26-11-7-6-10-21(26)4/h6-7,10-11,16-17,20H,5,8-9,12-15,18-19H2,1-4H3. The average molecular weight is 502 g/mol. The van der Waals surface area contributed by atoms with Crippen LogP contribution in [-0.4, -0.2) is 60.4 Å². The number of ether oxygens (including phenoxy) is 1. The van der Waals surface area contributed by atoms with Crippen LogP contribution in [0.3, 0.4) is 0 Å². The van der Waals surface area contributed by atoms with Crippen molar-refractivity contribution in [3.05, 3.63) is 59.2 Å². The van der Waals surface area contributed by atoms with E-state index in [0.717, 1.165) is 37.2 Å². The summed E-state index contributed by atoms with van der Waals surface area (Å²) in [6.07, 6.45) is 1.67. The minimum atomic E-state index is -1.01. The van der Waals surface area contributed by atoms with Crippen molar-refractivity contribution < 1.29 is 23.1 Å². The van der Waals surface area contributed by atoms with Gasteiger partial charge >= 0.3 is 0 Å². The zero-order valence-corrected chi connectivity index (χ0v) is 21.7. The van der Waals surface area contributed by atoms with Crippen LogP contribution in [0.15, 0.2) is 36.4 Å². The largest absolute Gasteiger partial charge is 0.484 e. The highest BCUT2D eigenvalue weighted by Gasteiger charge is 2.25. The van der Waals surface area contributed by atoms with Crippen molar-refractivity contribution in [3.63, 3.8) is 0 Å². The van der Waals surface area contributed by atoms with Crippen molar-refractivity contribution in [1.82, 2.24) is 9.80 Å². The lowest BCUT2D eigenvalue weighted by Crippen LogP contribution is -2.41. The second kappa shape index (κ2) is 12.8. The van der Waals surface area contributed by atoms with E-state index in [1.54, 1.807) is 17.9 Å². The van der Waals surface area contributed by atoms with Gasteiger partial charge in [-0.15, -0.1) is 0 Å². The summed E-state index contributed by atoms with van der Waals surface area (Å²) < 4.78 is 34.5. The second-order valence-corrected chi connectivity index (χ2v) is 9.50. The molecule has 6 nitrogen and oxygen atoms in total. The van der Waals surface area contributed by atoms with E-state index >= 15 is 0 Å². The molecule has 2 amide bonds. The number of carbonyl (C=O) groups is 2. The van der Waals surface area contributed by atoms with Crippen LogP contribution in [0.4, 0.5) is 14.5 Å². The fourth-order valence-corrected chi connectivity index (χ4v) is 4.50. The van der Waals surface area contributed by atoms with Crippen LogP contribution in [0.25, 0.3) is 0 Å². The summed E-state index contributed by atoms with van der Waals surface area (Å²) >= 11 is 0. The summed E-state index contributed by atoms with van der Waals surface area (Å²) in [5, 5.41) is 0. The Morgan fingerprint density at radius 3 is 2.31 bits per heavy atom. The quantitative estimate of drug-likeness (QED) is 0.583. The third kappa shape index (κ3) is 7.03. The highest BCUT2D eigenvalue weighted by molar-refractivity contribution is 5.94. The maximum atomic E-state index is 14.4. The summed E-state index contributed by atoms with van der Waals surface area (Å²) in [5.74, 6) is -1.82. The highest BCUT2D eigenvalue weighted by Crippen LogP contribution is 2.27. The fourth-order valence-electron chi connectivity index (χ4n) is 4.50. The summed E-state index contributed by atoms with van der Waals surface area (Å²) in [5.41, 5.74) is 1.64. The van der Waals surface area contributed by atoms with Crippen molar-refractivity contribution >= 4 is 17.5 Å². The maximum absolute atomic E-state index is 14.4. The van der Waals surface area contributed by atoms with E-state index in [9.17, 15) is 18.4 Å². The van der Waals surface area contributed by atoms with E-state index in [4.69, 9.17) is 4.74 Å². The van der Waals surface area contributed by atoms with Crippen LogP contribution in [0.1, 0.15) is 51.2 Å². The van der Waals surface area contributed by atoms with Crippen molar-refractivity contribution in [2.45, 2.75) is 59.5 Å². The van der Waals surface area contributed by atoms with E-state index in [-0.39, 0.29) is 31.4 Å². The number of amides is 2. The third-order valence-corrected chi connectivity index (χ3v) is 6.61. The molecule has 2 aromatic carbocycles.